The van der Waals surface area contributed by atoms with Gasteiger partial charge in [-0.05, 0) is 91.3 Å². The zero-order valence-corrected chi connectivity index (χ0v) is 30.7. The Labute approximate surface area is 291 Å². The summed E-state index contributed by atoms with van der Waals surface area (Å²) in [6, 6.07) is 0. The number of hydrogen-bond acceptors (Lipinski definition) is 12. The first-order chi connectivity index (χ1) is 22.8. The van der Waals surface area contributed by atoms with E-state index in [1.807, 2.05) is 13.8 Å². The minimum Gasteiger partial charge on any atom is -0.396 e. The number of rotatable bonds is 12. The van der Waals surface area contributed by atoms with Crippen LogP contribution in [0, 0.1) is 52.3 Å². The predicted octanol–water partition coefficient (Wildman–Crippen LogP) is 2.05. The highest BCUT2D eigenvalue weighted by atomic mass is 32.3. The van der Waals surface area contributed by atoms with Gasteiger partial charge in [-0.15, -0.1) is 0 Å². The molecule has 0 radical (unpaired) electrons. The molecular weight excluding hydrogens is 660 g/mol. The van der Waals surface area contributed by atoms with Gasteiger partial charge in [0.2, 0.25) is 0 Å². The molecule has 1 heterocycles. The Morgan fingerprint density at radius 1 is 0.918 bits per heavy atom. The lowest BCUT2D eigenvalue weighted by Crippen LogP contribution is -2.69. The third-order valence-corrected chi connectivity index (χ3v) is 14.6. The highest BCUT2D eigenvalue weighted by molar-refractivity contribution is 7.80. The van der Waals surface area contributed by atoms with E-state index < -0.39 is 81.6 Å². The Hall–Kier alpha value is -0.490. The first kappa shape index (κ1) is 39.7. The van der Waals surface area contributed by atoms with Crippen LogP contribution in [-0.2, 0) is 28.8 Å². The summed E-state index contributed by atoms with van der Waals surface area (Å²) >= 11 is 0. The molecule has 0 bridgehead atoms. The lowest BCUT2D eigenvalue weighted by atomic mass is 9.41. The van der Waals surface area contributed by atoms with Gasteiger partial charge in [0.25, 0.3) is 0 Å². The summed E-state index contributed by atoms with van der Waals surface area (Å²) in [6.45, 7) is 10.3. The minimum atomic E-state index is -5.00. The summed E-state index contributed by atoms with van der Waals surface area (Å²) < 4.78 is 57.1. The highest BCUT2D eigenvalue weighted by Gasteiger charge is 2.73. The van der Waals surface area contributed by atoms with Crippen LogP contribution < -0.4 is 0 Å². The van der Waals surface area contributed by atoms with Gasteiger partial charge in [0.05, 0.1) is 30.5 Å². The Kier molecular flexibility index (Phi) is 11.9. The van der Waals surface area contributed by atoms with Crippen molar-refractivity contribution in [2.24, 2.45) is 52.3 Å². The van der Waals surface area contributed by atoms with E-state index in [4.69, 9.17) is 18.4 Å². The molecule has 0 spiro atoms. The molecule has 1 aliphatic heterocycles. The van der Waals surface area contributed by atoms with Crippen molar-refractivity contribution >= 4 is 10.4 Å². The molecule has 49 heavy (non-hydrogen) atoms. The normalized spacial score (nSPS) is 48.4. The minimum absolute atomic E-state index is 0.0541. The van der Waals surface area contributed by atoms with Gasteiger partial charge in [-0.25, -0.2) is 4.18 Å². The second-order valence-corrected chi connectivity index (χ2v) is 18.1. The summed E-state index contributed by atoms with van der Waals surface area (Å²) in [7, 11) is -3.58. The van der Waals surface area contributed by atoms with Gasteiger partial charge in [0.1, 0.15) is 24.4 Å². The maximum absolute atomic E-state index is 12.9. The zero-order valence-electron chi connectivity index (χ0n) is 29.9. The quantitative estimate of drug-likeness (QED) is 0.114. The van der Waals surface area contributed by atoms with E-state index >= 15 is 0 Å². The number of methoxy groups -OCH3 is 1. The van der Waals surface area contributed by atoms with Gasteiger partial charge in [-0.3, -0.25) is 4.55 Å². The first-order valence-electron chi connectivity index (χ1n) is 18.3. The lowest BCUT2D eigenvalue weighted by Gasteiger charge is -2.66. The smallest absolute Gasteiger partial charge is 0.396 e. The Bertz CT molecular complexity index is 1240. The molecule has 0 amide bonds. The summed E-state index contributed by atoms with van der Waals surface area (Å²) in [5.41, 5.74) is -2.92. The molecule has 0 aromatic carbocycles. The average Bonchev–Trinajstić information content (AvgIpc) is 3.22. The second-order valence-electron chi connectivity index (χ2n) is 17.0. The van der Waals surface area contributed by atoms with Crippen LogP contribution in [-0.4, -0.2) is 119 Å². The van der Waals surface area contributed by atoms with Gasteiger partial charge in [0, 0.05) is 26.1 Å². The molecule has 4 aliphatic carbocycles. The second kappa shape index (κ2) is 14.7. The van der Waals surface area contributed by atoms with Crippen LogP contribution >= 0.6 is 0 Å². The van der Waals surface area contributed by atoms with Gasteiger partial charge in [0.15, 0.2) is 6.29 Å². The molecular formula is C35H62O13S. The molecule has 286 valence electrons. The van der Waals surface area contributed by atoms with E-state index in [1.54, 1.807) is 0 Å². The molecule has 0 unspecified atom stereocenters. The molecule has 1 saturated heterocycles. The number of aliphatic hydroxyl groups is 6. The molecule has 0 aromatic heterocycles. The fraction of sp³-hybridized carbons (Fsp3) is 1.00. The van der Waals surface area contributed by atoms with E-state index in [0.29, 0.717) is 44.4 Å². The van der Waals surface area contributed by atoms with E-state index in [-0.39, 0.29) is 49.4 Å². The van der Waals surface area contributed by atoms with Crippen molar-refractivity contribution in [3.63, 3.8) is 0 Å². The molecule has 5 aliphatic rings. The van der Waals surface area contributed by atoms with Crippen molar-refractivity contribution in [1.29, 1.82) is 0 Å². The van der Waals surface area contributed by atoms with Crippen molar-refractivity contribution in [1.82, 2.24) is 0 Å². The van der Waals surface area contributed by atoms with Crippen molar-refractivity contribution in [2.75, 3.05) is 20.3 Å². The van der Waals surface area contributed by atoms with Gasteiger partial charge in [-0.2, -0.15) is 8.42 Å². The molecule has 13 nitrogen and oxygen atoms in total. The Balaban J connectivity index is 1.41. The van der Waals surface area contributed by atoms with Gasteiger partial charge >= 0.3 is 10.4 Å². The number of aliphatic hydroxyl groups excluding tert-OH is 5. The molecule has 0 aromatic rings. The summed E-state index contributed by atoms with van der Waals surface area (Å²) in [4.78, 5) is 0. The molecule has 14 heteroatoms. The number of ether oxygens (including phenoxy) is 3. The average molecular weight is 723 g/mol. The van der Waals surface area contributed by atoms with Gasteiger partial charge < -0.3 is 44.8 Å². The topological polar surface area (TPSA) is 213 Å². The fourth-order valence-corrected chi connectivity index (χ4v) is 12.3. The molecule has 5 fully saturated rings. The fourth-order valence-electron chi connectivity index (χ4n) is 11.8. The van der Waals surface area contributed by atoms with E-state index in [0.717, 1.165) is 12.8 Å². The van der Waals surface area contributed by atoms with Crippen molar-refractivity contribution in [2.45, 2.75) is 147 Å². The van der Waals surface area contributed by atoms with Crippen LogP contribution in [0.25, 0.3) is 0 Å². The zero-order chi connectivity index (χ0) is 36.3. The van der Waals surface area contributed by atoms with Crippen LogP contribution in [0.2, 0.25) is 0 Å². The maximum atomic E-state index is 12.9. The van der Waals surface area contributed by atoms with Crippen LogP contribution in [0.4, 0.5) is 0 Å². The molecule has 7 N–H and O–H groups in total. The Morgan fingerprint density at radius 3 is 2.20 bits per heavy atom. The van der Waals surface area contributed by atoms with Crippen molar-refractivity contribution in [3.05, 3.63) is 0 Å². The van der Waals surface area contributed by atoms with Crippen LogP contribution in [0.5, 0.6) is 0 Å². The molecule has 17 atom stereocenters. The van der Waals surface area contributed by atoms with Crippen LogP contribution in [0.1, 0.15) is 92.4 Å². The van der Waals surface area contributed by atoms with E-state index in [9.17, 15) is 43.6 Å². The monoisotopic (exact) mass is 722 g/mol. The third kappa shape index (κ3) is 7.25. The van der Waals surface area contributed by atoms with Crippen molar-refractivity contribution < 1.29 is 62.0 Å². The molecule has 5 rings (SSSR count). The maximum Gasteiger partial charge on any atom is 0.397 e. The van der Waals surface area contributed by atoms with Crippen LogP contribution in [0.15, 0.2) is 0 Å². The number of hydrogen-bond donors (Lipinski definition) is 7. The van der Waals surface area contributed by atoms with Crippen molar-refractivity contribution in [3.8, 4) is 0 Å². The largest absolute Gasteiger partial charge is 0.397 e. The summed E-state index contributed by atoms with van der Waals surface area (Å²) in [5.74, 6) is -1.40. The van der Waals surface area contributed by atoms with E-state index in [1.165, 1.54) is 7.11 Å². The predicted molar refractivity (Wildman–Crippen MR) is 177 cm³/mol. The van der Waals surface area contributed by atoms with E-state index in [2.05, 4.69) is 20.8 Å². The highest BCUT2D eigenvalue weighted by Crippen LogP contribution is 2.70. The SMILES string of the molecule is CO[C@H]1[C@H](O[C@H]2CC[C@@]3(C)[C@H](C2)[C@H](O)C[C@]2(O)[C@@H]3CC[C@]3(C)[C@@H]([C@H](C)CC[C@H](CCO)C(C)C)[C@@H](O)[C@H](OS(=O)(=O)O)[C@H]32)OC[C@@H](O)[C@@H]1O. The summed E-state index contributed by atoms with van der Waals surface area (Å²) in [5, 5.41) is 66.7. The molecule has 4 saturated carbocycles. The lowest BCUT2D eigenvalue weighted by molar-refractivity contribution is -0.303. The first-order valence-corrected chi connectivity index (χ1v) is 19.7. The van der Waals surface area contributed by atoms with Gasteiger partial charge in [-0.1, -0.05) is 41.0 Å². The summed E-state index contributed by atoms with van der Waals surface area (Å²) in [6.07, 6.45) is -3.10. The third-order valence-electron chi connectivity index (χ3n) is 14.1. The Morgan fingerprint density at radius 2 is 1.59 bits per heavy atom. The number of fused-ring (bicyclic) bond motifs is 5. The standard InChI is InChI=1S/C35H62O13S/c1-18(2)20(11-14-36)8-7-19(3)26-28(40)29(48-49(42,43)44)31-34(26,5)13-10-25-33(4)12-9-21(15-22(33)23(37)16-35(25,31)41)47-32-30(45-6)27(39)24(38)17-46-32/h18-32,36-41H,7-17H2,1-6H3,(H,42,43,44)/t19-,20-,21+,22-,23-,24-,25-,26+,27+,28-,29+,30-,31-,32+,33+,34-,35+/m1/s1. The van der Waals surface area contributed by atoms with Crippen LogP contribution in [0.3, 0.4) is 0 Å².